The Hall–Kier alpha value is -3.26. The summed E-state index contributed by atoms with van der Waals surface area (Å²) in [7, 11) is 0. The summed E-state index contributed by atoms with van der Waals surface area (Å²) in [5.74, 6) is -0.904. The Balaban J connectivity index is 1.37. The number of carbonyl (C=O) groups excluding carboxylic acids is 1. The molecular weight excluding hydrogens is 433 g/mol. The molecule has 3 aromatic rings. The van der Waals surface area contributed by atoms with E-state index >= 15 is 0 Å². The molecule has 5 rings (SSSR count). The molecule has 3 heterocycles. The Kier molecular flexibility index (Phi) is 5.85. The van der Waals surface area contributed by atoms with Gasteiger partial charge in [-0.25, -0.2) is 9.07 Å². The molecule has 2 fully saturated rings. The first-order valence-electron chi connectivity index (χ1n) is 11.8. The number of nitrogens with one attached hydrogen (secondary N) is 2. The van der Waals surface area contributed by atoms with Crippen LogP contribution in [0.5, 0.6) is 0 Å². The average molecular weight is 464 g/mol. The Morgan fingerprint density at radius 3 is 2.71 bits per heavy atom. The van der Waals surface area contributed by atoms with E-state index in [9.17, 15) is 9.18 Å². The third kappa shape index (κ3) is 4.97. The van der Waals surface area contributed by atoms with E-state index in [1.807, 2.05) is 19.3 Å². The van der Waals surface area contributed by atoms with Gasteiger partial charge in [0.1, 0.15) is 5.82 Å². The lowest BCUT2D eigenvalue weighted by Gasteiger charge is -2.36. The van der Waals surface area contributed by atoms with E-state index in [1.54, 1.807) is 23.1 Å². The summed E-state index contributed by atoms with van der Waals surface area (Å²) in [5, 5.41) is 10.9. The number of anilines is 1. The zero-order valence-electron chi connectivity index (χ0n) is 19.8. The van der Waals surface area contributed by atoms with Crippen LogP contribution in [0.4, 0.5) is 10.1 Å². The van der Waals surface area contributed by atoms with E-state index in [4.69, 9.17) is 4.74 Å². The van der Waals surface area contributed by atoms with Gasteiger partial charge in [-0.15, -0.1) is 0 Å². The minimum absolute atomic E-state index is 0.0387. The molecule has 0 bridgehead atoms. The van der Waals surface area contributed by atoms with Gasteiger partial charge in [0.2, 0.25) is 0 Å². The summed E-state index contributed by atoms with van der Waals surface area (Å²) in [4.78, 5) is 16.9. The summed E-state index contributed by atoms with van der Waals surface area (Å²) >= 11 is 0. The fraction of sp³-hybridized carbons (Fsp3) is 0.423. The smallest absolute Gasteiger partial charge is 0.254 e. The van der Waals surface area contributed by atoms with Crippen LogP contribution in [-0.4, -0.2) is 45.0 Å². The first-order chi connectivity index (χ1) is 16.3. The Bertz CT molecular complexity index is 1220. The minimum atomic E-state index is -0.522. The zero-order chi connectivity index (χ0) is 23.9. The van der Waals surface area contributed by atoms with Crippen LogP contribution in [0.2, 0.25) is 0 Å². The number of hydrogen-bond acceptors (Lipinski definition) is 5. The van der Waals surface area contributed by atoms with Gasteiger partial charge in [0.15, 0.2) is 0 Å². The maximum atomic E-state index is 14.5. The highest BCUT2D eigenvalue weighted by molar-refractivity contribution is 5.95. The molecule has 1 unspecified atom stereocenters. The van der Waals surface area contributed by atoms with Gasteiger partial charge in [-0.3, -0.25) is 9.78 Å². The predicted octanol–water partition coefficient (Wildman–Crippen LogP) is 4.64. The molecule has 7 nitrogen and oxygen atoms in total. The number of ether oxygens (including phenoxy) is 1. The first-order valence-corrected chi connectivity index (χ1v) is 11.8. The van der Waals surface area contributed by atoms with Crippen LogP contribution < -0.4 is 10.6 Å². The van der Waals surface area contributed by atoms with Crippen molar-refractivity contribution < 1.29 is 13.9 Å². The van der Waals surface area contributed by atoms with Crippen LogP contribution in [-0.2, 0) is 4.74 Å². The quantitative estimate of drug-likeness (QED) is 0.557. The van der Waals surface area contributed by atoms with Crippen LogP contribution in [0.1, 0.15) is 55.5 Å². The number of aryl methyl sites for hydroxylation is 1. The molecule has 0 spiro atoms. The standard InChI is InChI=1S/C26H30FN5O2/c1-16-8-23(27)22(25(33)31-19-4-5-19)10-24(16)32-15-18(13-29-32)17-9-21(14-28-12-17)30-20-6-7-34-26(2,3)11-20/h8-10,12-15,19-20,30H,4-7,11H2,1-3H3,(H,31,33). The molecule has 1 amide bonds. The number of aromatic nitrogens is 3. The molecular formula is C26H30FN5O2. The molecule has 2 aliphatic rings. The summed E-state index contributed by atoms with van der Waals surface area (Å²) in [6.45, 7) is 6.77. The van der Waals surface area contributed by atoms with Crippen molar-refractivity contribution >= 4 is 11.6 Å². The molecule has 1 aliphatic carbocycles. The minimum Gasteiger partial charge on any atom is -0.381 e. The SMILES string of the molecule is Cc1cc(F)c(C(=O)NC2CC2)cc1-n1cc(-c2cncc(NC3CCOC(C)(C)C3)c2)cn1. The molecule has 1 saturated carbocycles. The second-order valence-electron chi connectivity index (χ2n) is 9.94. The van der Waals surface area contributed by atoms with Gasteiger partial charge < -0.3 is 15.4 Å². The lowest BCUT2D eigenvalue weighted by Crippen LogP contribution is -2.40. The molecule has 178 valence electrons. The first kappa shape index (κ1) is 22.5. The fourth-order valence-electron chi connectivity index (χ4n) is 4.44. The highest BCUT2D eigenvalue weighted by Gasteiger charge is 2.29. The number of pyridine rings is 1. The van der Waals surface area contributed by atoms with Crippen molar-refractivity contribution in [1.82, 2.24) is 20.1 Å². The van der Waals surface area contributed by atoms with Crippen LogP contribution in [0.3, 0.4) is 0 Å². The predicted molar refractivity (Wildman–Crippen MR) is 129 cm³/mol. The van der Waals surface area contributed by atoms with E-state index in [0.29, 0.717) is 17.3 Å². The molecule has 8 heteroatoms. The third-order valence-corrected chi connectivity index (χ3v) is 6.41. The van der Waals surface area contributed by atoms with E-state index in [1.165, 1.54) is 6.07 Å². The van der Waals surface area contributed by atoms with Gasteiger partial charge >= 0.3 is 0 Å². The summed E-state index contributed by atoms with van der Waals surface area (Å²) < 4.78 is 22.0. The largest absolute Gasteiger partial charge is 0.381 e. The van der Waals surface area contributed by atoms with E-state index in [0.717, 1.165) is 49.1 Å². The maximum Gasteiger partial charge on any atom is 0.254 e. The van der Waals surface area contributed by atoms with Crippen LogP contribution in [0.25, 0.3) is 16.8 Å². The second-order valence-corrected chi connectivity index (χ2v) is 9.94. The molecule has 0 radical (unpaired) electrons. The lowest BCUT2D eigenvalue weighted by atomic mass is 9.94. The zero-order valence-corrected chi connectivity index (χ0v) is 19.8. The number of halogens is 1. The Morgan fingerprint density at radius 1 is 1.12 bits per heavy atom. The number of rotatable bonds is 6. The molecule has 2 aromatic heterocycles. The van der Waals surface area contributed by atoms with Crippen molar-refractivity contribution in [3.05, 3.63) is 59.9 Å². The van der Waals surface area contributed by atoms with Gasteiger partial charge in [0.05, 0.1) is 28.7 Å². The summed E-state index contributed by atoms with van der Waals surface area (Å²) in [6.07, 6.45) is 11.0. The summed E-state index contributed by atoms with van der Waals surface area (Å²) in [5.41, 5.74) is 4.03. The molecule has 34 heavy (non-hydrogen) atoms. The van der Waals surface area contributed by atoms with Crippen molar-refractivity contribution in [2.24, 2.45) is 0 Å². The van der Waals surface area contributed by atoms with E-state index < -0.39 is 5.82 Å². The molecule has 2 N–H and O–H groups in total. The second kappa shape index (κ2) is 8.83. The van der Waals surface area contributed by atoms with Crippen LogP contribution in [0, 0.1) is 12.7 Å². The fourth-order valence-corrected chi connectivity index (χ4v) is 4.44. The van der Waals surface area contributed by atoms with E-state index in [2.05, 4.69) is 40.6 Å². The topological polar surface area (TPSA) is 81.1 Å². The Labute approximate surface area is 198 Å². The summed E-state index contributed by atoms with van der Waals surface area (Å²) in [6, 6.07) is 5.50. The van der Waals surface area contributed by atoms with Crippen molar-refractivity contribution in [2.75, 3.05) is 11.9 Å². The molecule has 1 atom stereocenters. The number of nitrogens with zero attached hydrogens (tertiary/aromatic N) is 3. The van der Waals surface area contributed by atoms with E-state index in [-0.39, 0.29) is 23.1 Å². The van der Waals surface area contributed by atoms with Crippen LogP contribution in [0.15, 0.2) is 43.0 Å². The van der Waals surface area contributed by atoms with Gasteiger partial charge in [-0.05, 0) is 70.2 Å². The number of benzene rings is 1. The highest BCUT2D eigenvalue weighted by Crippen LogP contribution is 2.29. The van der Waals surface area contributed by atoms with Crippen molar-refractivity contribution in [1.29, 1.82) is 0 Å². The maximum absolute atomic E-state index is 14.5. The highest BCUT2D eigenvalue weighted by atomic mass is 19.1. The van der Waals surface area contributed by atoms with Gasteiger partial charge in [-0.1, -0.05) is 0 Å². The van der Waals surface area contributed by atoms with Crippen molar-refractivity contribution in [2.45, 2.75) is 64.1 Å². The molecule has 1 aliphatic heterocycles. The van der Waals surface area contributed by atoms with Crippen molar-refractivity contribution in [3.63, 3.8) is 0 Å². The monoisotopic (exact) mass is 463 g/mol. The number of hydrogen-bond donors (Lipinski definition) is 2. The molecule has 1 saturated heterocycles. The van der Waals surface area contributed by atoms with Gasteiger partial charge in [0, 0.05) is 48.4 Å². The lowest BCUT2D eigenvalue weighted by molar-refractivity contribution is -0.0553. The number of carbonyl (C=O) groups is 1. The normalized spacial score (nSPS) is 19.6. The average Bonchev–Trinajstić information content (AvgIpc) is 3.45. The van der Waals surface area contributed by atoms with Gasteiger partial charge in [0.25, 0.3) is 5.91 Å². The van der Waals surface area contributed by atoms with Crippen molar-refractivity contribution in [3.8, 4) is 16.8 Å². The van der Waals surface area contributed by atoms with Crippen LogP contribution >= 0.6 is 0 Å². The Morgan fingerprint density at radius 2 is 1.94 bits per heavy atom. The van der Waals surface area contributed by atoms with Gasteiger partial charge in [-0.2, -0.15) is 5.10 Å². The number of amides is 1. The third-order valence-electron chi connectivity index (χ3n) is 6.41. The molecule has 1 aromatic carbocycles.